The molecule has 2 aromatic carbocycles. The summed E-state index contributed by atoms with van der Waals surface area (Å²) in [4.78, 5) is 31.8. The second-order valence-corrected chi connectivity index (χ2v) is 8.09. The smallest absolute Gasteiger partial charge is 0.262 e. The molecule has 0 bridgehead atoms. The number of ether oxygens (including phenoxy) is 1. The van der Waals surface area contributed by atoms with Crippen molar-refractivity contribution in [1.29, 1.82) is 0 Å². The molecule has 0 atom stereocenters. The first-order valence-electron chi connectivity index (χ1n) is 8.84. The molecule has 0 unspecified atom stereocenters. The molecule has 2 aromatic heterocycles. The average Bonchev–Trinajstić information content (AvgIpc) is 3.18. The molecule has 152 valence electrons. The van der Waals surface area contributed by atoms with E-state index in [1.165, 1.54) is 6.20 Å². The summed E-state index contributed by atoms with van der Waals surface area (Å²) in [6, 6.07) is 14.5. The summed E-state index contributed by atoms with van der Waals surface area (Å²) >= 11 is 4.50. The monoisotopic (exact) mass is 485 g/mol. The van der Waals surface area contributed by atoms with Gasteiger partial charge in [-0.3, -0.25) is 9.59 Å². The Morgan fingerprint density at radius 1 is 1.20 bits per heavy atom. The summed E-state index contributed by atoms with van der Waals surface area (Å²) in [5, 5.41) is 7.80. The van der Waals surface area contributed by atoms with Gasteiger partial charge < -0.3 is 15.0 Å². The van der Waals surface area contributed by atoms with E-state index in [1.807, 2.05) is 24.3 Å². The third-order valence-electron chi connectivity index (χ3n) is 4.20. The first-order chi connectivity index (χ1) is 14.5. The third-order valence-corrected chi connectivity index (χ3v) is 5.60. The van der Waals surface area contributed by atoms with Crippen LogP contribution in [-0.2, 0) is 4.79 Å². The second-order valence-electron chi connectivity index (χ2n) is 6.21. The van der Waals surface area contributed by atoms with Crippen LogP contribution in [-0.4, -0.2) is 38.5 Å². The van der Waals surface area contributed by atoms with Crippen LogP contribution in [0.15, 0.2) is 69.2 Å². The summed E-state index contributed by atoms with van der Waals surface area (Å²) < 4.78 is 7.68. The molecule has 8 nitrogen and oxygen atoms in total. The van der Waals surface area contributed by atoms with Gasteiger partial charge in [0.2, 0.25) is 5.91 Å². The Morgan fingerprint density at radius 2 is 1.93 bits per heavy atom. The van der Waals surface area contributed by atoms with Gasteiger partial charge in [0.15, 0.2) is 10.8 Å². The first-order valence-corrected chi connectivity index (χ1v) is 10.6. The molecule has 2 heterocycles. The number of benzene rings is 2. The fourth-order valence-electron chi connectivity index (χ4n) is 2.74. The fourth-order valence-corrected chi connectivity index (χ4v) is 3.66. The van der Waals surface area contributed by atoms with Gasteiger partial charge in [0.25, 0.3) is 5.56 Å². The molecule has 30 heavy (non-hydrogen) atoms. The van der Waals surface area contributed by atoms with Crippen molar-refractivity contribution in [1.82, 2.24) is 19.7 Å². The lowest BCUT2D eigenvalue weighted by molar-refractivity contribution is -0.113. The van der Waals surface area contributed by atoms with Crippen molar-refractivity contribution >= 4 is 50.3 Å². The maximum Gasteiger partial charge on any atom is 0.262 e. The van der Waals surface area contributed by atoms with Gasteiger partial charge in [-0.2, -0.15) is 5.10 Å². The number of aromatic nitrogens is 4. The van der Waals surface area contributed by atoms with Crippen molar-refractivity contribution in [2.75, 3.05) is 18.2 Å². The molecule has 0 aliphatic rings. The maximum atomic E-state index is 12.4. The summed E-state index contributed by atoms with van der Waals surface area (Å²) in [6.07, 6.45) is 1.47. The number of nitrogens with zero attached hydrogens (tertiary/aromatic N) is 3. The van der Waals surface area contributed by atoms with Crippen molar-refractivity contribution < 1.29 is 9.53 Å². The van der Waals surface area contributed by atoms with E-state index in [4.69, 9.17) is 4.74 Å². The van der Waals surface area contributed by atoms with Crippen molar-refractivity contribution in [3.05, 3.63) is 69.6 Å². The highest BCUT2D eigenvalue weighted by Crippen LogP contribution is 2.20. The summed E-state index contributed by atoms with van der Waals surface area (Å²) in [5.74, 6) is 0.615. The second kappa shape index (κ2) is 8.72. The Balaban J connectivity index is 1.53. The highest BCUT2D eigenvalue weighted by Gasteiger charge is 2.13. The lowest BCUT2D eigenvalue weighted by Crippen LogP contribution is -2.15. The van der Waals surface area contributed by atoms with Crippen LogP contribution in [0.5, 0.6) is 5.75 Å². The van der Waals surface area contributed by atoms with Crippen LogP contribution in [0.1, 0.15) is 0 Å². The number of aromatic amines is 1. The molecule has 0 saturated heterocycles. The number of methoxy groups -OCH3 is 1. The molecule has 1 amide bonds. The lowest BCUT2D eigenvalue weighted by atomic mass is 10.3. The van der Waals surface area contributed by atoms with E-state index < -0.39 is 0 Å². The van der Waals surface area contributed by atoms with Crippen LogP contribution in [0.4, 0.5) is 5.69 Å². The van der Waals surface area contributed by atoms with Gasteiger partial charge in [-0.15, -0.1) is 0 Å². The van der Waals surface area contributed by atoms with Gasteiger partial charge in [-0.1, -0.05) is 27.7 Å². The van der Waals surface area contributed by atoms with Crippen molar-refractivity contribution in [3.8, 4) is 11.4 Å². The minimum atomic E-state index is -0.310. The Hall–Kier alpha value is -3.11. The molecular weight excluding hydrogens is 470 g/mol. The molecular formula is C20H16BrN5O3S. The van der Waals surface area contributed by atoms with Crippen LogP contribution < -0.4 is 15.6 Å². The van der Waals surface area contributed by atoms with Gasteiger partial charge >= 0.3 is 0 Å². The Morgan fingerprint density at radius 3 is 2.63 bits per heavy atom. The number of hydrogen-bond acceptors (Lipinski definition) is 6. The lowest BCUT2D eigenvalue weighted by Gasteiger charge is -2.06. The van der Waals surface area contributed by atoms with Crippen LogP contribution in [0.3, 0.4) is 0 Å². The molecule has 0 spiro atoms. The number of anilines is 1. The number of hydrogen-bond donors (Lipinski definition) is 2. The summed E-state index contributed by atoms with van der Waals surface area (Å²) in [6.45, 7) is 0. The average molecular weight is 486 g/mol. The van der Waals surface area contributed by atoms with E-state index in [1.54, 1.807) is 36.1 Å². The SMILES string of the molecule is COc1ccc(-n2ncc3c(=O)[nH]c(SCC(=O)Nc4ccc(Br)cc4)nc32)cc1. The van der Waals surface area contributed by atoms with Crippen LogP contribution in [0, 0.1) is 0 Å². The number of H-pyrrole nitrogens is 1. The molecule has 10 heteroatoms. The van der Waals surface area contributed by atoms with E-state index in [-0.39, 0.29) is 17.2 Å². The number of carbonyl (C=O) groups excluding carboxylic acids is 1. The Kier molecular flexibility index (Phi) is 5.86. The quantitative estimate of drug-likeness (QED) is 0.319. The molecule has 4 aromatic rings. The largest absolute Gasteiger partial charge is 0.497 e. The zero-order chi connectivity index (χ0) is 21.1. The predicted molar refractivity (Wildman–Crippen MR) is 120 cm³/mol. The molecule has 0 aliphatic heterocycles. The minimum absolute atomic E-state index is 0.0984. The number of fused-ring (bicyclic) bond motifs is 1. The summed E-state index contributed by atoms with van der Waals surface area (Å²) in [5.41, 5.74) is 1.54. The topological polar surface area (TPSA) is 102 Å². The van der Waals surface area contributed by atoms with E-state index in [0.717, 1.165) is 21.9 Å². The zero-order valence-electron chi connectivity index (χ0n) is 15.8. The van der Waals surface area contributed by atoms with E-state index in [9.17, 15) is 9.59 Å². The minimum Gasteiger partial charge on any atom is -0.497 e. The van der Waals surface area contributed by atoms with Gasteiger partial charge in [-0.05, 0) is 48.5 Å². The number of carbonyl (C=O) groups is 1. The predicted octanol–water partition coefficient (Wildman–Crippen LogP) is 3.61. The normalized spacial score (nSPS) is 10.9. The summed E-state index contributed by atoms with van der Waals surface area (Å²) in [7, 11) is 1.59. The van der Waals surface area contributed by atoms with Crippen LogP contribution in [0.25, 0.3) is 16.7 Å². The van der Waals surface area contributed by atoms with Crippen molar-refractivity contribution in [2.45, 2.75) is 5.16 Å². The Labute approximate surface area is 183 Å². The van der Waals surface area contributed by atoms with Gasteiger partial charge in [-0.25, -0.2) is 9.67 Å². The van der Waals surface area contributed by atoms with Crippen molar-refractivity contribution in [2.24, 2.45) is 0 Å². The highest BCUT2D eigenvalue weighted by molar-refractivity contribution is 9.10. The van der Waals surface area contributed by atoms with Gasteiger partial charge in [0.1, 0.15) is 11.1 Å². The van der Waals surface area contributed by atoms with Crippen LogP contribution >= 0.6 is 27.7 Å². The first kappa shape index (κ1) is 20.2. The van der Waals surface area contributed by atoms with Crippen LogP contribution in [0.2, 0.25) is 0 Å². The Bertz CT molecular complexity index is 1250. The fraction of sp³-hybridized carbons (Fsp3) is 0.100. The number of rotatable bonds is 6. The zero-order valence-corrected chi connectivity index (χ0v) is 18.2. The molecule has 0 aliphatic carbocycles. The standard InChI is InChI=1S/C20H16BrN5O3S/c1-29-15-8-6-14(7-9-15)26-18-16(10-22-26)19(28)25-20(24-18)30-11-17(27)23-13-4-2-12(21)3-5-13/h2-10H,11H2,1H3,(H,23,27)(H,24,25,28). The number of nitrogens with one attached hydrogen (secondary N) is 2. The van der Waals surface area contributed by atoms with Gasteiger partial charge in [0, 0.05) is 10.2 Å². The third kappa shape index (κ3) is 4.39. The molecule has 0 saturated carbocycles. The molecule has 0 fully saturated rings. The number of thioether (sulfide) groups is 1. The number of amides is 1. The van der Waals surface area contributed by atoms with Gasteiger partial charge in [0.05, 0.1) is 24.7 Å². The van der Waals surface area contributed by atoms with E-state index >= 15 is 0 Å². The molecule has 0 radical (unpaired) electrons. The maximum absolute atomic E-state index is 12.4. The highest BCUT2D eigenvalue weighted by atomic mass is 79.9. The molecule has 4 rings (SSSR count). The van der Waals surface area contributed by atoms with E-state index in [2.05, 4.69) is 36.3 Å². The van der Waals surface area contributed by atoms with E-state index in [0.29, 0.717) is 27.6 Å². The van der Waals surface area contributed by atoms with Crippen molar-refractivity contribution in [3.63, 3.8) is 0 Å². The molecule has 2 N–H and O–H groups in total. The number of halogens is 1.